The third kappa shape index (κ3) is 3.03. The molecule has 0 heterocycles. The van der Waals surface area contributed by atoms with Gasteiger partial charge in [0.15, 0.2) is 11.6 Å². The Hall–Kier alpha value is -2.21. The van der Waals surface area contributed by atoms with Crippen LogP contribution in [0.2, 0.25) is 5.02 Å². The van der Waals surface area contributed by atoms with Gasteiger partial charge in [0, 0.05) is 28.4 Å². The molecule has 0 saturated heterocycles. The Morgan fingerprint density at radius 2 is 1.65 bits per heavy atom. The van der Waals surface area contributed by atoms with Crippen molar-refractivity contribution in [2.45, 2.75) is 0 Å². The number of hydrogen-bond donors (Lipinski definition) is 2. The molecule has 20 heavy (non-hydrogen) atoms. The highest BCUT2D eigenvalue weighted by atomic mass is 35.5. The summed E-state index contributed by atoms with van der Waals surface area (Å²) in [6, 6.07) is 4.92. The SMILES string of the molecule is Nc1cc(Cl)cc(C(=O)Nc2c(F)cc(F)cc2F)c1. The summed E-state index contributed by atoms with van der Waals surface area (Å²) in [4.78, 5) is 11.9. The number of nitrogens with one attached hydrogen (secondary N) is 1. The highest BCUT2D eigenvalue weighted by Crippen LogP contribution is 2.22. The monoisotopic (exact) mass is 300 g/mol. The molecule has 0 spiro atoms. The molecule has 1 amide bonds. The average Bonchev–Trinajstić information content (AvgIpc) is 2.32. The van der Waals surface area contributed by atoms with Crippen molar-refractivity contribution in [3.05, 3.63) is 58.4 Å². The van der Waals surface area contributed by atoms with Gasteiger partial charge in [-0.1, -0.05) is 11.6 Å². The van der Waals surface area contributed by atoms with Crippen LogP contribution in [0.5, 0.6) is 0 Å². The molecule has 3 nitrogen and oxygen atoms in total. The second-order valence-corrected chi connectivity index (χ2v) is 4.41. The highest BCUT2D eigenvalue weighted by molar-refractivity contribution is 6.31. The fourth-order valence-electron chi connectivity index (χ4n) is 1.59. The van der Waals surface area contributed by atoms with Crippen molar-refractivity contribution in [1.82, 2.24) is 0 Å². The van der Waals surface area contributed by atoms with Crippen LogP contribution in [-0.2, 0) is 0 Å². The van der Waals surface area contributed by atoms with E-state index in [4.69, 9.17) is 17.3 Å². The summed E-state index contributed by atoms with van der Waals surface area (Å²) in [6.45, 7) is 0. The molecule has 0 bridgehead atoms. The van der Waals surface area contributed by atoms with Gasteiger partial charge in [-0.05, 0) is 18.2 Å². The Balaban J connectivity index is 2.32. The fraction of sp³-hybridized carbons (Fsp3) is 0. The van der Waals surface area contributed by atoms with Gasteiger partial charge in [0.05, 0.1) is 0 Å². The van der Waals surface area contributed by atoms with Gasteiger partial charge in [-0.2, -0.15) is 0 Å². The molecule has 7 heteroatoms. The molecule has 2 aromatic carbocycles. The topological polar surface area (TPSA) is 55.1 Å². The van der Waals surface area contributed by atoms with Crippen molar-refractivity contribution in [1.29, 1.82) is 0 Å². The Morgan fingerprint density at radius 3 is 2.20 bits per heavy atom. The van der Waals surface area contributed by atoms with Crippen molar-refractivity contribution < 1.29 is 18.0 Å². The van der Waals surface area contributed by atoms with E-state index in [1.807, 2.05) is 5.32 Å². The molecule has 0 aliphatic carbocycles. The van der Waals surface area contributed by atoms with Crippen molar-refractivity contribution in [3.63, 3.8) is 0 Å². The van der Waals surface area contributed by atoms with Crippen LogP contribution >= 0.6 is 11.6 Å². The standard InChI is InChI=1S/C13H8ClF3N2O/c14-7-1-6(2-9(18)3-7)13(20)19-12-10(16)4-8(15)5-11(12)17/h1-5H,18H2,(H,19,20). The van der Waals surface area contributed by atoms with Crippen LogP contribution in [0.4, 0.5) is 24.5 Å². The number of nitrogens with two attached hydrogens (primary N) is 1. The fourth-order valence-corrected chi connectivity index (χ4v) is 1.83. The zero-order chi connectivity index (χ0) is 14.9. The van der Waals surface area contributed by atoms with Crippen LogP contribution in [0, 0.1) is 17.5 Å². The van der Waals surface area contributed by atoms with Crippen molar-refractivity contribution >= 4 is 28.9 Å². The van der Waals surface area contributed by atoms with E-state index in [2.05, 4.69) is 0 Å². The van der Waals surface area contributed by atoms with E-state index in [0.717, 1.165) is 0 Å². The van der Waals surface area contributed by atoms with Crippen LogP contribution in [0.1, 0.15) is 10.4 Å². The van der Waals surface area contributed by atoms with E-state index in [9.17, 15) is 18.0 Å². The number of anilines is 2. The van der Waals surface area contributed by atoms with E-state index in [-0.39, 0.29) is 16.3 Å². The molecule has 2 rings (SSSR count). The number of rotatable bonds is 2. The lowest BCUT2D eigenvalue weighted by molar-refractivity contribution is 0.102. The van der Waals surface area contributed by atoms with Gasteiger partial charge in [0.1, 0.15) is 11.5 Å². The summed E-state index contributed by atoms with van der Waals surface area (Å²) in [6.07, 6.45) is 0. The summed E-state index contributed by atoms with van der Waals surface area (Å²) in [5.41, 5.74) is 5.02. The van der Waals surface area contributed by atoms with E-state index >= 15 is 0 Å². The minimum Gasteiger partial charge on any atom is -0.399 e. The lowest BCUT2D eigenvalue weighted by Crippen LogP contribution is -2.15. The maximum Gasteiger partial charge on any atom is 0.255 e. The Morgan fingerprint density at radius 1 is 1.05 bits per heavy atom. The quantitative estimate of drug-likeness (QED) is 0.833. The number of halogens is 4. The Kier molecular flexibility index (Phi) is 3.85. The molecule has 0 radical (unpaired) electrons. The van der Waals surface area contributed by atoms with Gasteiger partial charge < -0.3 is 11.1 Å². The van der Waals surface area contributed by atoms with Crippen LogP contribution in [-0.4, -0.2) is 5.91 Å². The first-order valence-electron chi connectivity index (χ1n) is 5.39. The molecular formula is C13H8ClF3N2O. The molecular weight excluding hydrogens is 293 g/mol. The summed E-state index contributed by atoms with van der Waals surface area (Å²) in [7, 11) is 0. The number of carbonyl (C=O) groups excluding carboxylic acids is 1. The minimum absolute atomic E-state index is 0.0260. The molecule has 0 fully saturated rings. The second kappa shape index (κ2) is 5.42. The second-order valence-electron chi connectivity index (χ2n) is 3.97. The number of benzene rings is 2. The summed E-state index contributed by atoms with van der Waals surface area (Å²) in [5.74, 6) is -4.33. The van der Waals surface area contributed by atoms with E-state index in [1.54, 1.807) is 0 Å². The van der Waals surface area contributed by atoms with Gasteiger partial charge in [-0.15, -0.1) is 0 Å². The summed E-state index contributed by atoms with van der Waals surface area (Å²) < 4.78 is 39.5. The molecule has 0 saturated carbocycles. The Labute approximate surface area is 117 Å². The molecule has 0 aliphatic rings. The third-order valence-corrected chi connectivity index (χ3v) is 2.65. The number of carbonyl (C=O) groups is 1. The first-order valence-corrected chi connectivity index (χ1v) is 5.76. The molecule has 0 aliphatic heterocycles. The van der Waals surface area contributed by atoms with Gasteiger partial charge in [-0.3, -0.25) is 4.79 Å². The third-order valence-electron chi connectivity index (χ3n) is 2.43. The first-order chi connectivity index (χ1) is 9.36. The zero-order valence-electron chi connectivity index (χ0n) is 9.88. The van der Waals surface area contributed by atoms with Crippen LogP contribution in [0.3, 0.4) is 0 Å². The smallest absolute Gasteiger partial charge is 0.255 e. The van der Waals surface area contributed by atoms with E-state index < -0.39 is 29.0 Å². The van der Waals surface area contributed by atoms with Crippen LogP contribution in [0.25, 0.3) is 0 Å². The van der Waals surface area contributed by atoms with Crippen LogP contribution in [0.15, 0.2) is 30.3 Å². The maximum atomic E-state index is 13.4. The summed E-state index contributed by atoms with van der Waals surface area (Å²) >= 11 is 5.72. The predicted molar refractivity (Wildman–Crippen MR) is 70.1 cm³/mol. The molecule has 0 atom stereocenters. The van der Waals surface area contributed by atoms with Gasteiger partial charge in [0.2, 0.25) is 0 Å². The van der Waals surface area contributed by atoms with Gasteiger partial charge in [-0.25, -0.2) is 13.2 Å². The molecule has 0 unspecified atom stereocenters. The van der Waals surface area contributed by atoms with Gasteiger partial charge >= 0.3 is 0 Å². The predicted octanol–water partition coefficient (Wildman–Crippen LogP) is 3.59. The number of nitrogen functional groups attached to an aromatic ring is 1. The van der Waals surface area contributed by atoms with Crippen molar-refractivity contribution in [3.8, 4) is 0 Å². The zero-order valence-corrected chi connectivity index (χ0v) is 10.6. The molecule has 104 valence electrons. The van der Waals surface area contributed by atoms with Crippen molar-refractivity contribution in [2.75, 3.05) is 11.1 Å². The largest absolute Gasteiger partial charge is 0.399 e. The Bertz CT molecular complexity index is 648. The normalized spacial score (nSPS) is 10.4. The van der Waals surface area contributed by atoms with E-state index in [1.165, 1.54) is 18.2 Å². The number of amides is 1. The van der Waals surface area contributed by atoms with Gasteiger partial charge in [0.25, 0.3) is 5.91 Å². The molecule has 0 aromatic heterocycles. The van der Waals surface area contributed by atoms with E-state index in [0.29, 0.717) is 12.1 Å². The molecule has 3 N–H and O–H groups in total. The molecule has 2 aromatic rings. The number of hydrogen-bond acceptors (Lipinski definition) is 2. The highest BCUT2D eigenvalue weighted by Gasteiger charge is 2.16. The lowest BCUT2D eigenvalue weighted by atomic mass is 10.2. The minimum atomic E-state index is -1.22. The average molecular weight is 301 g/mol. The maximum absolute atomic E-state index is 13.4. The lowest BCUT2D eigenvalue weighted by Gasteiger charge is -2.08. The first kappa shape index (κ1) is 14.2. The van der Waals surface area contributed by atoms with Crippen molar-refractivity contribution in [2.24, 2.45) is 0 Å². The van der Waals surface area contributed by atoms with Crippen LogP contribution < -0.4 is 11.1 Å². The summed E-state index contributed by atoms with van der Waals surface area (Å²) in [5, 5.41) is 2.21.